The first-order valence-corrected chi connectivity index (χ1v) is 15.0. The van der Waals surface area contributed by atoms with Crippen LogP contribution in [0, 0.1) is 25.6 Å². The molecular formula is C36H38FN3O3. The molecule has 2 aromatic heterocycles. The van der Waals surface area contributed by atoms with Gasteiger partial charge in [0.25, 0.3) is 0 Å². The quantitative estimate of drug-likeness (QED) is 0.189. The van der Waals surface area contributed by atoms with Crippen LogP contribution >= 0.6 is 0 Å². The van der Waals surface area contributed by atoms with Crippen molar-refractivity contribution in [3.63, 3.8) is 0 Å². The second kappa shape index (κ2) is 13.2. The molecule has 5 aromatic rings. The number of carbonyl (C=O) groups is 1. The molecular weight excluding hydrogens is 541 g/mol. The van der Waals surface area contributed by atoms with Gasteiger partial charge in [-0.05, 0) is 85.7 Å². The summed E-state index contributed by atoms with van der Waals surface area (Å²) in [7, 11) is 0. The first-order valence-electron chi connectivity index (χ1n) is 15.0. The third-order valence-electron chi connectivity index (χ3n) is 8.03. The number of nitrogens with zero attached hydrogens (tertiary/aromatic N) is 3. The van der Waals surface area contributed by atoms with E-state index in [4.69, 9.17) is 9.72 Å². The molecule has 1 aliphatic carbocycles. The van der Waals surface area contributed by atoms with E-state index < -0.39 is 5.97 Å². The molecule has 1 N–H and O–H groups in total. The van der Waals surface area contributed by atoms with Crippen molar-refractivity contribution in [2.75, 3.05) is 0 Å². The molecule has 3 aromatic carbocycles. The molecule has 7 heteroatoms. The summed E-state index contributed by atoms with van der Waals surface area (Å²) in [6.45, 7) is 8.90. The zero-order chi connectivity index (χ0) is 30.5. The van der Waals surface area contributed by atoms with Crippen LogP contribution in [0.4, 0.5) is 4.39 Å². The van der Waals surface area contributed by atoms with Crippen LogP contribution in [-0.2, 0) is 19.6 Å². The number of hydrogen-bond acceptors (Lipinski definition) is 4. The summed E-state index contributed by atoms with van der Waals surface area (Å²) >= 11 is 0. The number of rotatable bonds is 9. The Morgan fingerprint density at radius 3 is 2.47 bits per heavy atom. The second-order valence-electron chi connectivity index (χ2n) is 11.0. The highest BCUT2D eigenvalue weighted by Gasteiger charge is 2.22. The number of carboxylic acid groups (broad SMARTS) is 1. The first-order chi connectivity index (χ1) is 20.8. The van der Waals surface area contributed by atoms with E-state index in [2.05, 4.69) is 34.7 Å². The summed E-state index contributed by atoms with van der Waals surface area (Å²) < 4.78 is 22.3. The molecule has 0 bridgehead atoms. The summed E-state index contributed by atoms with van der Waals surface area (Å²) in [5.41, 5.74) is 7.36. The molecule has 0 atom stereocenters. The molecule has 43 heavy (non-hydrogen) atoms. The van der Waals surface area contributed by atoms with Gasteiger partial charge in [0.15, 0.2) is 0 Å². The summed E-state index contributed by atoms with van der Waals surface area (Å²) in [5.74, 6) is 0.778. The van der Waals surface area contributed by atoms with Crippen molar-refractivity contribution in [2.24, 2.45) is 5.92 Å². The van der Waals surface area contributed by atoms with E-state index >= 15 is 0 Å². The molecule has 6 nitrogen and oxygen atoms in total. The lowest BCUT2D eigenvalue weighted by Gasteiger charge is -2.27. The van der Waals surface area contributed by atoms with E-state index in [0.29, 0.717) is 23.8 Å². The van der Waals surface area contributed by atoms with Crippen LogP contribution in [0.15, 0.2) is 72.8 Å². The summed E-state index contributed by atoms with van der Waals surface area (Å²) in [5, 5.41) is 9.53. The van der Waals surface area contributed by atoms with E-state index in [1.54, 1.807) is 24.3 Å². The maximum absolute atomic E-state index is 14.2. The number of imidazole rings is 1. The fourth-order valence-electron chi connectivity index (χ4n) is 5.38. The number of pyridine rings is 1. The Morgan fingerprint density at radius 1 is 0.977 bits per heavy atom. The van der Waals surface area contributed by atoms with Gasteiger partial charge in [-0.1, -0.05) is 50.6 Å². The van der Waals surface area contributed by atoms with Gasteiger partial charge in [0, 0.05) is 30.2 Å². The maximum atomic E-state index is 14.2. The maximum Gasteiger partial charge on any atom is 0.335 e. The normalized spacial score (nSPS) is 12.9. The van der Waals surface area contributed by atoms with Gasteiger partial charge in [0.2, 0.25) is 5.88 Å². The number of aromatic carboxylic acids is 1. The van der Waals surface area contributed by atoms with Crippen molar-refractivity contribution in [2.45, 2.75) is 66.5 Å². The van der Waals surface area contributed by atoms with Crippen LogP contribution in [0.1, 0.15) is 71.5 Å². The van der Waals surface area contributed by atoms with Gasteiger partial charge < -0.3 is 14.4 Å². The predicted octanol–water partition coefficient (Wildman–Crippen LogP) is 8.55. The molecule has 222 valence electrons. The van der Waals surface area contributed by atoms with Crippen molar-refractivity contribution in [1.29, 1.82) is 0 Å². The molecule has 0 spiro atoms. The Hall–Kier alpha value is -4.52. The van der Waals surface area contributed by atoms with Crippen LogP contribution in [0.2, 0.25) is 0 Å². The fourth-order valence-corrected chi connectivity index (χ4v) is 5.38. The van der Waals surface area contributed by atoms with Gasteiger partial charge in [0.1, 0.15) is 18.2 Å². The number of halogens is 1. The largest absolute Gasteiger partial charge is 0.478 e. The lowest BCUT2D eigenvalue weighted by molar-refractivity contribution is 0.0697. The predicted molar refractivity (Wildman–Crippen MR) is 168 cm³/mol. The minimum atomic E-state index is -0.929. The Balaban J connectivity index is 0.00000180. The Bertz CT molecular complexity index is 1760. The topological polar surface area (TPSA) is 77.2 Å². The number of hydrogen-bond donors (Lipinski definition) is 1. The molecule has 1 aliphatic rings. The van der Waals surface area contributed by atoms with Gasteiger partial charge in [-0.15, -0.1) is 0 Å². The molecule has 1 fully saturated rings. The molecule has 6 rings (SSSR count). The van der Waals surface area contributed by atoms with E-state index in [1.807, 2.05) is 45.0 Å². The average molecular weight is 580 g/mol. The lowest BCUT2D eigenvalue weighted by atomic mass is 9.85. The van der Waals surface area contributed by atoms with Crippen molar-refractivity contribution in [1.82, 2.24) is 14.5 Å². The van der Waals surface area contributed by atoms with Crippen LogP contribution in [0.25, 0.3) is 22.3 Å². The molecule has 0 unspecified atom stereocenters. The minimum absolute atomic E-state index is 0.107. The van der Waals surface area contributed by atoms with E-state index in [1.165, 1.54) is 25.3 Å². The first kappa shape index (κ1) is 30.0. The number of ether oxygens (including phenoxy) is 1. The van der Waals surface area contributed by atoms with Gasteiger partial charge in [0.05, 0.1) is 22.3 Å². The summed E-state index contributed by atoms with van der Waals surface area (Å²) in [6, 6.07) is 22.2. The highest BCUT2D eigenvalue weighted by atomic mass is 19.1. The average Bonchev–Trinajstić information content (AvgIpc) is 3.32. The highest BCUT2D eigenvalue weighted by Crippen LogP contribution is 2.31. The lowest BCUT2D eigenvalue weighted by Crippen LogP contribution is -2.19. The SMILES string of the molecule is CC.Cc1ccc(COc2cccc(-c3ccc(Cc4nc5ccc(C(=O)O)cc5n4CC4CCC4)c(C)c3)n2)c(F)c1. The van der Waals surface area contributed by atoms with Crippen LogP contribution in [-0.4, -0.2) is 25.6 Å². The third-order valence-corrected chi connectivity index (χ3v) is 8.03. The summed E-state index contributed by atoms with van der Waals surface area (Å²) in [4.78, 5) is 21.2. The molecule has 1 saturated carbocycles. The number of benzene rings is 3. The van der Waals surface area contributed by atoms with E-state index in [-0.39, 0.29) is 18.0 Å². The molecule has 0 radical (unpaired) electrons. The van der Waals surface area contributed by atoms with E-state index in [9.17, 15) is 14.3 Å². The van der Waals surface area contributed by atoms with Crippen LogP contribution < -0.4 is 4.74 Å². The number of aryl methyl sites for hydroxylation is 2. The Morgan fingerprint density at radius 2 is 1.77 bits per heavy atom. The summed E-state index contributed by atoms with van der Waals surface area (Å²) in [6.07, 6.45) is 4.29. The molecule has 0 aliphatic heterocycles. The highest BCUT2D eigenvalue weighted by molar-refractivity contribution is 5.92. The number of aromatic nitrogens is 3. The third kappa shape index (κ3) is 6.77. The van der Waals surface area contributed by atoms with E-state index in [0.717, 1.165) is 51.4 Å². The van der Waals surface area contributed by atoms with Gasteiger partial charge in [-0.2, -0.15) is 0 Å². The smallest absolute Gasteiger partial charge is 0.335 e. The molecule has 0 saturated heterocycles. The fraction of sp³-hybridized carbons (Fsp3) is 0.306. The van der Waals surface area contributed by atoms with Gasteiger partial charge in [-0.25, -0.2) is 19.2 Å². The van der Waals surface area contributed by atoms with Crippen molar-refractivity contribution in [3.8, 4) is 17.1 Å². The van der Waals surface area contributed by atoms with Crippen molar-refractivity contribution in [3.05, 3.63) is 112 Å². The zero-order valence-corrected chi connectivity index (χ0v) is 25.2. The minimum Gasteiger partial charge on any atom is -0.478 e. The van der Waals surface area contributed by atoms with Crippen LogP contribution in [0.5, 0.6) is 5.88 Å². The van der Waals surface area contributed by atoms with Crippen LogP contribution in [0.3, 0.4) is 0 Å². The van der Waals surface area contributed by atoms with Gasteiger partial charge in [-0.3, -0.25) is 0 Å². The number of carboxylic acids is 1. The van der Waals surface area contributed by atoms with Gasteiger partial charge >= 0.3 is 5.97 Å². The Labute approximate surface area is 252 Å². The molecule has 2 heterocycles. The molecule has 0 amide bonds. The van der Waals surface area contributed by atoms with Crippen molar-refractivity contribution < 1.29 is 19.0 Å². The Kier molecular flexibility index (Phi) is 9.19. The monoisotopic (exact) mass is 579 g/mol. The van der Waals surface area contributed by atoms with Crippen molar-refractivity contribution >= 4 is 17.0 Å². The standard InChI is InChI=1S/C34H32FN3O3.C2H6/c1-21-9-10-27(28(35)15-21)20-41-33-8-4-7-29(37-33)25-12-11-24(22(2)16-25)18-32-36-30-14-13-26(34(39)40)17-31(30)38(32)19-23-5-3-6-23;1-2/h4,7-17,23H,3,5-6,18-20H2,1-2H3,(H,39,40);1-2H3. The number of fused-ring (bicyclic) bond motifs is 1. The second-order valence-corrected chi connectivity index (χ2v) is 11.0. The zero-order valence-electron chi connectivity index (χ0n) is 25.2.